The van der Waals surface area contributed by atoms with E-state index in [0.717, 1.165) is 17.0 Å². The average Bonchev–Trinajstić information content (AvgIpc) is 3.40. The summed E-state index contributed by atoms with van der Waals surface area (Å²) < 4.78 is 5.45. The zero-order chi connectivity index (χ0) is 20.0. The molecule has 3 aromatic heterocycles. The Bertz CT molecular complexity index is 1270. The molecule has 0 unspecified atom stereocenters. The number of nitrogens with one attached hydrogen (secondary N) is 1. The topological polar surface area (TPSA) is 76.0 Å². The first-order chi connectivity index (χ1) is 14.1. The Kier molecular flexibility index (Phi) is 4.45. The molecule has 0 bridgehead atoms. The number of ketones is 1. The number of carbonyl (C=O) groups is 1. The second-order valence-corrected chi connectivity index (χ2v) is 8.29. The third-order valence-electron chi connectivity index (χ3n) is 5.11. The molecule has 144 valence electrons. The number of Topliss-reactive ketones (excluding diaryl/α,β-unsaturated/α-hetero) is 1. The Balaban J connectivity index is 1.51. The number of hydrogen-bond donors (Lipinski definition) is 1. The van der Waals surface area contributed by atoms with Crippen LogP contribution in [-0.4, -0.2) is 15.8 Å². The molecule has 5 rings (SSSR count). The van der Waals surface area contributed by atoms with Gasteiger partial charge >= 0.3 is 0 Å². The summed E-state index contributed by atoms with van der Waals surface area (Å²) >= 11 is 7.43. The molecule has 1 aromatic carbocycles. The SMILES string of the molecule is O=C1C[C@H](c2ccco2)Cc2[nH]c(=O)c(-c3nc(-c4cccc(Cl)c4)cs3)cc21. The molecule has 0 aliphatic heterocycles. The van der Waals surface area contributed by atoms with Crippen LogP contribution < -0.4 is 5.56 Å². The Hall–Kier alpha value is -2.96. The van der Waals surface area contributed by atoms with E-state index in [0.29, 0.717) is 39.7 Å². The van der Waals surface area contributed by atoms with Crippen molar-refractivity contribution in [2.45, 2.75) is 18.8 Å². The van der Waals surface area contributed by atoms with Crippen LogP contribution in [0.2, 0.25) is 5.02 Å². The minimum absolute atomic E-state index is 0.00299. The molecule has 3 heterocycles. The number of thiazole rings is 1. The number of furan rings is 1. The third-order valence-corrected chi connectivity index (χ3v) is 6.22. The summed E-state index contributed by atoms with van der Waals surface area (Å²) in [6.45, 7) is 0. The second-order valence-electron chi connectivity index (χ2n) is 7.00. The van der Waals surface area contributed by atoms with Crippen molar-refractivity contribution in [1.82, 2.24) is 9.97 Å². The number of aromatic amines is 1. The lowest BCUT2D eigenvalue weighted by molar-refractivity contribution is 0.0959. The fraction of sp³-hybridized carbons (Fsp3) is 0.136. The van der Waals surface area contributed by atoms with Gasteiger partial charge in [-0.15, -0.1) is 11.3 Å². The zero-order valence-electron chi connectivity index (χ0n) is 15.1. The molecule has 0 radical (unpaired) electrons. The first kappa shape index (κ1) is 18.1. The highest BCUT2D eigenvalue weighted by Gasteiger charge is 2.29. The average molecular weight is 423 g/mol. The van der Waals surface area contributed by atoms with Crippen LogP contribution in [0.25, 0.3) is 21.8 Å². The van der Waals surface area contributed by atoms with Crippen molar-refractivity contribution >= 4 is 28.7 Å². The number of nitrogens with zero attached hydrogens (tertiary/aromatic N) is 1. The molecule has 29 heavy (non-hydrogen) atoms. The lowest BCUT2D eigenvalue weighted by atomic mass is 9.84. The lowest BCUT2D eigenvalue weighted by Crippen LogP contribution is -2.24. The highest BCUT2D eigenvalue weighted by atomic mass is 35.5. The monoisotopic (exact) mass is 422 g/mol. The fourth-order valence-electron chi connectivity index (χ4n) is 3.69. The number of pyridine rings is 1. The Morgan fingerprint density at radius 3 is 2.79 bits per heavy atom. The number of hydrogen-bond acceptors (Lipinski definition) is 5. The molecule has 1 aliphatic carbocycles. The van der Waals surface area contributed by atoms with Crippen molar-refractivity contribution in [2.75, 3.05) is 0 Å². The summed E-state index contributed by atoms with van der Waals surface area (Å²) in [4.78, 5) is 33.0. The van der Waals surface area contributed by atoms with E-state index in [9.17, 15) is 9.59 Å². The molecule has 1 N–H and O–H groups in total. The highest BCUT2D eigenvalue weighted by Crippen LogP contribution is 2.34. The van der Waals surface area contributed by atoms with Gasteiger partial charge in [-0.1, -0.05) is 23.7 Å². The number of rotatable bonds is 3. The summed E-state index contributed by atoms with van der Waals surface area (Å²) in [7, 11) is 0. The Morgan fingerprint density at radius 1 is 1.10 bits per heavy atom. The van der Waals surface area contributed by atoms with Crippen molar-refractivity contribution in [3.05, 3.63) is 86.5 Å². The van der Waals surface area contributed by atoms with E-state index in [-0.39, 0.29) is 17.3 Å². The maximum Gasteiger partial charge on any atom is 0.258 e. The lowest BCUT2D eigenvalue weighted by Gasteiger charge is -2.22. The van der Waals surface area contributed by atoms with Gasteiger partial charge in [0.1, 0.15) is 10.8 Å². The van der Waals surface area contributed by atoms with E-state index in [1.54, 1.807) is 24.5 Å². The van der Waals surface area contributed by atoms with Crippen LogP contribution in [0.15, 0.2) is 63.3 Å². The molecule has 1 atom stereocenters. The van der Waals surface area contributed by atoms with Crippen LogP contribution in [-0.2, 0) is 6.42 Å². The van der Waals surface area contributed by atoms with E-state index in [1.165, 1.54) is 11.3 Å². The van der Waals surface area contributed by atoms with Crippen molar-refractivity contribution in [3.8, 4) is 21.8 Å². The summed E-state index contributed by atoms with van der Waals surface area (Å²) in [6.07, 6.45) is 2.52. The summed E-state index contributed by atoms with van der Waals surface area (Å²) in [5, 5.41) is 3.08. The van der Waals surface area contributed by atoms with Gasteiger partial charge in [0.05, 0.1) is 17.5 Å². The van der Waals surface area contributed by atoms with Crippen LogP contribution in [0, 0.1) is 0 Å². The molecule has 0 spiro atoms. The summed E-state index contributed by atoms with van der Waals surface area (Å²) in [6, 6.07) is 12.7. The largest absolute Gasteiger partial charge is 0.469 e. The van der Waals surface area contributed by atoms with Gasteiger partial charge in [0, 0.05) is 39.6 Å². The van der Waals surface area contributed by atoms with E-state index >= 15 is 0 Å². The quantitative estimate of drug-likeness (QED) is 0.484. The smallest absolute Gasteiger partial charge is 0.258 e. The van der Waals surface area contributed by atoms with E-state index < -0.39 is 0 Å². The Morgan fingerprint density at radius 2 is 2.00 bits per heavy atom. The zero-order valence-corrected chi connectivity index (χ0v) is 16.7. The van der Waals surface area contributed by atoms with E-state index in [1.807, 2.05) is 29.6 Å². The number of carbonyl (C=O) groups excluding carboxylic acids is 1. The normalized spacial score (nSPS) is 16.0. The number of halogens is 1. The van der Waals surface area contributed by atoms with Crippen LogP contribution in [0.1, 0.15) is 34.2 Å². The van der Waals surface area contributed by atoms with E-state index in [4.69, 9.17) is 16.0 Å². The molecule has 1 aliphatic rings. The fourth-order valence-corrected chi connectivity index (χ4v) is 4.72. The predicted octanol–water partition coefficient (Wildman–Crippen LogP) is 5.32. The standard InChI is InChI=1S/C22H15ClN2O3S/c23-14-4-1-3-12(7-14)18-11-29-22(25-18)16-10-15-17(24-21(16)27)8-13(9-19(15)26)20-5-2-6-28-20/h1-7,10-11,13H,8-9H2,(H,24,27)/t13-/m1/s1. The molecule has 0 saturated carbocycles. The van der Waals surface area contributed by atoms with Crippen molar-refractivity contribution < 1.29 is 9.21 Å². The molecule has 5 nitrogen and oxygen atoms in total. The second kappa shape index (κ2) is 7.13. The van der Waals surface area contributed by atoms with Crippen molar-refractivity contribution in [1.29, 1.82) is 0 Å². The Labute approximate surface area is 175 Å². The van der Waals surface area contributed by atoms with Gasteiger partial charge in [0.2, 0.25) is 0 Å². The molecule has 0 amide bonds. The summed E-state index contributed by atoms with van der Waals surface area (Å²) in [5.41, 5.74) is 3.00. The summed E-state index contributed by atoms with van der Waals surface area (Å²) in [5.74, 6) is 0.706. The molecular weight excluding hydrogens is 408 g/mol. The molecule has 0 fully saturated rings. The number of fused-ring (bicyclic) bond motifs is 1. The molecule has 4 aromatic rings. The van der Waals surface area contributed by atoms with Gasteiger partial charge in [0.25, 0.3) is 5.56 Å². The van der Waals surface area contributed by atoms with Crippen molar-refractivity contribution in [3.63, 3.8) is 0 Å². The van der Waals surface area contributed by atoms with Crippen LogP contribution in [0.4, 0.5) is 0 Å². The predicted molar refractivity (Wildman–Crippen MR) is 113 cm³/mol. The van der Waals surface area contributed by atoms with E-state index in [2.05, 4.69) is 9.97 Å². The molecular formula is C22H15ClN2O3S. The maximum absolute atomic E-state index is 12.8. The van der Waals surface area contributed by atoms with Gasteiger partial charge in [-0.2, -0.15) is 0 Å². The van der Waals surface area contributed by atoms with Crippen LogP contribution in [0.5, 0.6) is 0 Å². The number of H-pyrrole nitrogens is 1. The molecule has 7 heteroatoms. The van der Waals surface area contributed by atoms with Gasteiger partial charge < -0.3 is 9.40 Å². The first-order valence-electron chi connectivity index (χ1n) is 9.13. The van der Waals surface area contributed by atoms with Crippen LogP contribution in [0.3, 0.4) is 0 Å². The highest BCUT2D eigenvalue weighted by molar-refractivity contribution is 7.13. The van der Waals surface area contributed by atoms with Gasteiger partial charge in [-0.3, -0.25) is 9.59 Å². The minimum Gasteiger partial charge on any atom is -0.469 e. The first-order valence-corrected chi connectivity index (χ1v) is 10.4. The van der Waals surface area contributed by atoms with Gasteiger partial charge in [-0.05, 0) is 36.8 Å². The number of aromatic nitrogens is 2. The number of benzene rings is 1. The van der Waals surface area contributed by atoms with Crippen molar-refractivity contribution in [2.24, 2.45) is 0 Å². The minimum atomic E-state index is -0.247. The van der Waals surface area contributed by atoms with Gasteiger partial charge in [0.15, 0.2) is 5.78 Å². The third kappa shape index (κ3) is 3.34. The van der Waals surface area contributed by atoms with Gasteiger partial charge in [-0.25, -0.2) is 4.98 Å². The molecule has 0 saturated heterocycles. The van der Waals surface area contributed by atoms with Crippen LogP contribution >= 0.6 is 22.9 Å². The maximum atomic E-state index is 12.8.